The van der Waals surface area contributed by atoms with E-state index in [1.807, 2.05) is 0 Å². The lowest BCUT2D eigenvalue weighted by atomic mass is 9.94. The van der Waals surface area contributed by atoms with E-state index in [9.17, 15) is 4.79 Å². The van der Waals surface area contributed by atoms with Crippen molar-refractivity contribution in [1.29, 1.82) is 0 Å². The van der Waals surface area contributed by atoms with Crippen LogP contribution < -0.4 is 5.73 Å². The van der Waals surface area contributed by atoms with Gasteiger partial charge >= 0.3 is 0 Å². The van der Waals surface area contributed by atoms with Gasteiger partial charge in [-0.2, -0.15) is 0 Å². The zero-order valence-electron chi connectivity index (χ0n) is 14.5. The number of halogens is 1. The fourth-order valence-corrected chi connectivity index (χ4v) is 4.42. The molecule has 0 bridgehead atoms. The van der Waals surface area contributed by atoms with Crippen molar-refractivity contribution < 1.29 is 4.79 Å². The Kier molecular flexibility index (Phi) is 5.95. The Morgan fingerprint density at radius 3 is 2.50 bits per heavy atom. The lowest BCUT2D eigenvalue weighted by Gasteiger charge is -2.39. The zero-order chi connectivity index (χ0) is 17.1. The van der Waals surface area contributed by atoms with Crippen molar-refractivity contribution in [1.82, 2.24) is 9.80 Å². The highest BCUT2D eigenvalue weighted by Crippen LogP contribution is 2.33. The normalized spacial score (nSPS) is 26.5. The van der Waals surface area contributed by atoms with Gasteiger partial charge < -0.3 is 10.6 Å². The maximum absolute atomic E-state index is 12.8. The molecule has 5 heteroatoms. The lowest BCUT2D eigenvalue weighted by molar-refractivity contribution is -0.138. The zero-order valence-corrected chi connectivity index (χ0v) is 16.0. The first kappa shape index (κ1) is 17.9. The number of nitrogens with two attached hydrogens (primary N) is 1. The van der Waals surface area contributed by atoms with E-state index in [1.165, 1.54) is 5.56 Å². The van der Waals surface area contributed by atoms with Crippen molar-refractivity contribution >= 4 is 21.8 Å². The van der Waals surface area contributed by atoms with Gasteiger partial charge in [0.25, 0.3) is 0 Å². The summed E-state index contributed by atoms with van der Waals surface area (Å²) < 4.78 is 1.11. The molecule has 1 amide bonds. The Balaban J connectivity index is 1.55. The average Bonchev–Trinajstić information content (AvgIpc) is 3.10. The van der Waals surface area contributed by atoms with Crippen LogP contribution in [0.3, 0.4) is 0 Å². The Bertz CT molecular complexity index is 554. The summed E-state index contributed by atoms with van der Waals surface area (Å²) in [6.07, 6.45) is 3.29. The summed E-state index contributed by atoms with van der Waals surface area (Å²) in [5.74, 6) is 0.918. The van der Waals surface area contributed by atoms with E-state index in [0.717, 1.165) is 49.9 Å². The number of amides is 1. The molecule has 1 aromatic carbocycles. The summed E-state index contributed by atoms with van der Waals surface area (Å²) in [6, 6.07) is 8.93. The third-order valence-electron chi connectivity index (χ3n) is 5.81. The molecule has 1 aromatic rings. The van der Waals surface area contributed by atoms with Crippen molar-refractivity contribution in [2.45, 2.75) is 32.2 Å². The SMILES string of the molecule is CC(c1ccc(Br)cc1)N1CCN(C(=O)[C@@H]2CCC[C@@H]2CN)CC1. The average molecular weight is 394 g/mol. The largest absolute Gasteiger partial charge is 0.340 e. The number of hydrogen-bond donors (Lipinski definition) is 1. The molecule has 1 aliphatic carbocycles. The van der Waals surface area contributed by atoms with Crippen LogP contribution in [-0.4, -0.2) is 48.4 Å². The van der Waals surface area contributed by atoms with Gasteiger partial charge in [-0.1, -0.05) is 34.5 Å². The second-order valence-electron chi connectivity index (χ2n) is 7.12. The molecule has 1 unspecified atom stereocenters. The highest BCUT2D eigenvalue weighted by atomic mass is 79.9. The Morgan fingerprint density at radius 2 is 1.88 bits per heavy atom. The monoisotopic (exact) mass is 393 g/mol. The highest BCUT2D eigenvalue weighted by molar-refractivity contribution is 9.10. The minimum atomic E-state index is 0.172. The topological polar surface area (TPSA) is 49.6 Å². The summed E-state index contributed by atoms with van der Waals surface area (Å²) in [4.78, 5) is 17.3. The number of piperazine rings is 1. The minimum Gasteiger partial charge on any atom is -0.340 e. The standard InChI is InChI=1S/C19H28BrN3O/c1-14(15-5-7-17(20)8-6-15)22-9-11-23(12-10-22)19(24)18-4-2-3-16(18)13-21/h5-8,14,16,18H,2-4,9-13,21H2,1H3/t14?,16-,18-/m1/s1. The van der Waals surface area contributed by atoms with Crippen molar-refractivity contribution in [3.8, 4) is 0 Å². The number of hydrogen-bond acceptors (Lipinski definition) is 3. The van der Waals surface area contributed by atoms with E-state index in [0.29, 0.717) is 24.4 Å². The van der Waals surface area contributed by atoms with Gasteiger partial charge in [-0.15, -0.1) is 0 Å². The predicted molar refractivity (Wildman–Crippen MR) is 101 cm³/mol. The smallest absolute Gasteiger partial charge is 0.226 e. The summed E-state index contributed by atoms with van der Waals surface area (Å²) in [7, 11) is 0. The summed E-state index contributed by atoms with van der Waals surface area (Å²) in [5, 5.41) is 0. The van der Waals surface area contributed by atoms with Crippen LogP contribution in [0, 0.1) is 11.8 Å². The maximum Gasteiger partial charge on any atom is 0.226 e. The number of rotatable bonds is 4. The molecular weight excluding hydrogens is 366 g/mol. The third-order valence-corrected chi connectivity index (χ3v) is 6.33. The van der Waals surface area contributed by atoms with Gasteiger partial charge in [0, 0.05) is 42.6 Å². The van der Waals surface area contributed by atoms with Gasteiger partial charge in [0.05, 0.1) is 0 Å². The number of carbonyl (C=O) groups is 1. The van der Waals surface area contributed by atoms with Crippen LogP contribution in [0.1, 0.15) is 37.8 Å². The summed E-state index contributed by atoms with van der Waals surface area (Å²) in [6.45, 7) is 6.48. The number of nitrogens with zero attached hydrogens (tertiary/aromatic N) is 2. The molecule has 1 aliphatic heterocycles. The predicted octanol–water partition coefficient (Wildman–Crippen LogP) is 3.03. The summed E-state index contributed by atoms with van der Waals surface area (Å²) >= 11 is 3.49. The van der Waals surface area contributed by atoms with Crippen LogP contribution in [0.4, 0.5) is 0 Å². The molecule has 0 radical (unpaired) electrons. The Hall–Kier alpha value is -0.910. The molecule has 2 fully saturated rings. The number of carbonyl (C=O) groups excluding carboxylic acids is 1. The summed E-state index contributed by atoms with van der Waals surface area (Å²) in [5.41, 5.74) is 7.18. The molecule has 0 spiro atoms. The lowest BCUT2D eigenvalue weighted by Crippen LogP contribution is -2.51. The second-order valence-corrected chi connectivity index (χ2v) is 8.04. The van der Waals surface area contributed by atoms with Crippen LogP contribution >= 0.6 is 15.9 Å². The van der Waals surface area contributed by atoms with Crippen molar-refractivity contribution in [2.24, 2.45) is 17.6 Å². The van der Waals surface area contributed by atoms with Gasteiger partial charge in [-0.3, -0.25) is 9.69 Å². The van der Waals surface area contributed by atoms with E-state index in [1.54, 1.807) is 0 Å². The second kappa shape index (κ2) is 7.98. The Labute approximate surface area is 153 Å². The van der Waals surface area contributed by atoms with Crippen LogP contribution in [0.25, 0.3) is 0 Å². The minimum absolute atomic E-state index is 0.172. The first-order valence-corrected chi connectivity index (χ1v) is 9.88. The molecule has 0 aromatic heterocycles. The molecule has 2 N–H and O–H groups in total. The molecule has 1 saturated carbocycles. The molecule has 3 atom stereocenters. The van der Waals surface area contributed by atoms with E-state index >= 15 is 0 Å². The molecule has 132 valence electrons. The van der Waals surface area contributed by atoms with E-state index in [-0.39, 0.29) is 5.92 Å². The third kappa shape index (κ3) is 3.84. The van der Waals surface area contributed by atoms with Gasteiger partial charge in [0.1, 0.15) is 0 Å². The molecule has 2 aliphatic rings. The maximum atomic E-state index is 12.8. The fourth-order valence-electron chi connectivity index (χ4n) is 4.16. The molecule has 1 heterocycles. The van der Waals surface area contributed by atoms with Crippen molar-refractivity contribution in [2.75, 3.05) is 32.7 Å². The van der Waals surface area contributed by atoms with Crippen molar-refractivity contribution in [3.63, 3.8) is 0 Å². The molecule has 1 saturated heterocycles. The van der Waals surface area contributed by atoms with Crippen molar-refractivity contribution in [3.05, 3.63) is 34.3 Å². The first-order valence-electron chi connectivity index (χ1n) is 9.08. The quantitative estimate of drug-likeness (QED) is 0.854. The van der Waals surface area contributed by atoms with Crippen LogP contribution in [0.5, 0.6) is 0 Å². The van der Waals surface area contributed by atoms with Gasteiger partial charge in [-0.25, -0.2) is 0 Å². The van der Waals surface area contributed by atoms with Gasteiger partial charge in [0.2, 0.25) is 5.91 Å². The van der Waals surface area contributed by atoms with Gasteiger partial charge in [-0.05, 0) is 49.9 Å². The Morgan fingerprint density at radius 1 is 1.21 bits per heavy atom. The molecule has 24 heavy (non-hydrogen) atoms. The fraction of sp³-hybridized carbons (Fsp3) is 0.632. The van der Waals surface area contributed by atoms with E-state index < -0.39 is 0 Å². The molecule has 4 nitrogen and oxygen atoms in total. The van der Waals surface area contributed by atoms with Crippen LogP contribution in [0.15, 0.2) is 28.7 Å². The van der Waals surface area contributed by atoms with Gasteiger partial charge in [0.15, 0.2) is 0 Å². The number of benzene rings is 1. The van der Waals surface area contributed by atoms with Crippen LogP contribution in [0.2, 0.25) is 0 Å². The highest BCUT2D eigenvalue weighted by Gasteiger charge is 2.36. The first-order chi connectivity index (χ1) is 11.6. The molecular formula is C19H28BrN3O. The molecule has 3 rings (SSSR count). The van der Waals surface area contributed by atoms with E-state index in [2.05, 4.69) is 56.9 Å². The van der Waals surface area contributed by atoms with E-state index in [4.69, 9.17) is 5.73 Å². The van der Waals surface area contributed by atoms with Crippen LogP contribution in [-0.2, 0) is 4.79 Å².